The van der Waals surface area contributed by atoms with Crippen molar-refractivity contribution in [3.05, 3.63) is 28.7 Å². The first-order chi connectivity index (χ1) is 8.17. The minimum absolute atomic E-state index is 0.0660. The lowest BCUT2D eigenvalue weighted by molar-refractivity contribution is -0.147. The van der Waals surface area contributed by atoms with Crippen molar-refractivity contribution in [2.24, 2.45) is 5.92 Å². The minimum atomic E-state index is -0.436. The predicted octanol–water partition coefficient (Wildman–Crippen LogP) is 2.00. The molecule has 94 valence electrons. The average molecular weight is 303 g/mol. The molecule has 1 aromatic carbocycles. The molecule has 0 aromatic heterocycles. The van der Waals surface area contributed by atoms with Gasteiger partial charge < -0.3 is 14.6 Å². The highest BCUT2D eigenvalue weighted by Crippen LogP contribution is 2.17. The Morgan fingerprint density at radius 2 is 2.06 bits per heavy atom. The second kappa shape index (κ2) is 7.29. The van der Waals surface area contributed by atoms with E-state index in [1.807, 2.05) is 12.1 Å². The summed E-state index contributed by atoms with van der Waals surface area (Å²) in [4.78, 5) is 11.4. The molecule has 4 nitrogen and oxygen atoms in total. The molecule has 0 heterocycles. The van der Waals surface area contributed by atoms with Crippen LogP contribution in [0.15, 0.2) is 28.7 Å². The topological polar surface area (TPSA) is 55.8 Å². The fraction of sp³-hybridized carbons (Fsp3) is 0.417. The predicted molar refractivity (Wildman–Crippen MR) is 66.8 cm³/mol. The van der Waals surface area contributed by atoms with Gasteiger partial charge in [-0.2, -0.15) is 0 Å². The van der Waals surface area contributed by atoms with Gasteiger partial charge in [-0.25, -0.2) is 0 Å². The Balaban J connectivity index is 2.51. The molecule has 1 N–H and O–H groups in total. The second-order valence-corrected chi connectivity index (χ2v) is 4.41. The van der Waals surface area contributed by atoms with E-state index in [4.69, 9.17) is 9.84 Å². The molecule has 1 aromatic rings. The van der Waals surface area contributed by atoms with Crippen molar-refractivity contribution >= 4 is 21.9 Å². The molecule has 1 unspecified atom stereocenters. The van der Waals surface area contributed by atoms with Crippen molar-refractivity contribution in [3.63, 3.8) is 0 Å². The van der Waals surface area contributed by atoms with Gasteiger partial charge in [0.25, 0.3) is 0 Å². The van der Waals surface area contributed by atoms with Crippen LogP contribution in [0.5, 0.6) is 5.75 Å². The van der Waals surface area contributed by atoms with Gasteiger partial charge in [0.2, 0.25) is 0 Å². The summed E-state index contributed by atoms with van der Waals surface area (Å²) in [7, 11) is 1.33. The van der Waals surface area contributed by atoms with E-state index in [1.54, 1.807) is 12.1 Å². The van der Waals surface area contributed by atoms with Crippen molar-refractivity contribution in [3.8, 4) is 5.75 Å². The van der Waals surface area contributed by atoms with Gasteiger partial charge in [0, 0.05) is 11.1 Å². The number of ether oxygens (including phenoxy) is 2. The normalized spacial score (nSPS) is 11.9. The van der Waals surface area contributed by atoms with Crippen molar-refractivity contribution in [1.29, 1.82) is 0 Å². The number of aliphatic hydroxyl groups is 1. The van der Waals surface area contributed by atoms with E-state index >= 15 is 0 Å². The summed E-state index contributed by atoms with van der Waals surface area (Å²) in [5.41, 5.74) is 0. The quantitative estimate of drug-likeness (QED) is 0.817. The zero-order valence-electron chi connectivity index (χ0n) is 9.56. The molecular formula is C12H15BrO4. The van der Waals surface area contributed by atoms with Gasteiger partial charge in [0.15, 0.2) is 0 Å². The van der Waals surface area contributed by atoms with Gasteiger partial charge in [-0.05, 0) is 30.7 Å². The molecule has 17 heavy (non-hydrogen) atoms. The Morgan fingerprint density at radius 3 is 2.59 bits per heavy atom. The fourth-order valence-electron chi connectivity index (χ4n) is 1.32. The third-order valence-corrected chi connectivity index (χ3v) is 2.81. The van der Waals surface area contributed by atoms with Gasteiger partial charge in [-0.1, -0.05) is 15.9 Å². The summed E-state index contributed by atoms with van der Waals surface area (Å²) in [6.07, 6.45) is 0.337. The summed E-state index contributed by atoms with van der Waals surface area (Å²) in [6, 6.07) is 7.32. The van der Waals surface area contributed by atoms with Crippen LogP contribution in [0.1, 0.15) is 6.42 Å². The minimum Gasteiger partial charge on any atom is -0.493 e. The number of methoxy groups -OCH3 is 1. The fourth-order valence-corrected chi connectivity index (χ4v) is 1.58. The Labute approximate surface area is 109 Å². The summed E-state index contributed by atoms with van der Waals surface area (Å²) in [5.74, 6) is -0.121. The highest BCUT2D eigenvalue weighted by Gasteiger charge is 2.19. The molecule has 0 fully saturated rings. The van der Waals surface area contributed by atoms with Crippen LogP contribution in [-0.4, -0.2) is 31.4 Å². The van der Waals surface area contributed by atoms with Crippen molar-refractivity contribution in [2.45, 2.75) is 6.42 Å². The standard InChI is InChI=1S/C12H15BrO4/c1-16-12(15)9(6-7-14)8-17-11-4-2-10(13)3-5-11/h2-5,9,14H,6-8H2,1H3. The van der Waals surface area contributed by atoms with Crippen molar-refractivity contribution in [1.82, 2.24) is 0 Å². The number of carbonyl (C=O) groups excluding carboxylic acids is 1. The van der Waals surface area contributed by atoms with Gasteiger partial charge in [-0.3, -0.25) is 4.79 Å². The molecule has 1 atom stereocenters. The van der Waals surface area contributed by atoms with Crippen LogP contribution < -0.4 is 4.74 Å². The average Bonchev–Trinajstić information content (AvgIpc) is 2.35. The smallest absolute Gasteiger partial charge is 0.312 e. The Kier molecular flexibility index (Phi) is 6.00. The molecule has 0 aliphatic rings. The number of hydrogen-bond acceptors (Lipinski definition) is 4. The largest absolute Gasteiger partial charge is 0.493 e. The van der Waals surface area contributed by atoms with E-state index in [0.717, 1.165) is 4.47 Å². The molecule has 0 aliphatic heterocycles. The number of aliphatic hydroxyl groups excluding tert-OH is 1. The maximum Gasteiger partial charge on any atom is 0.312 e. The number of halogens is 1. The van der Waals surface area contributed by atoms with E-state index in [2.05, 4.69) is 20.7 Å². The van der Waals surface area contributed by atoms with E-state index in [-0.39, 0.29) is 19.2 Å². The number of carbonyl (C=O) groups is 1. The SMILES string of the molecule is COC(=O)C(CCO)COc1ccc(Br)cc1. The van der Waals surface area contributed by atoms with Crippen LogP contribution in [0.2, 0.25) is 0 Å². The van der Waals surface area contributed by atoms with Crippen LogP contribution in [0.25, 0.3) is 0 Å². The van der Waals surface area contributed by atoms with E-state index < -0.39 is 5.92 Å². The molecule has 0 radical (unpaired) electrons. The van der Waals surface area contributed by atoms with Gasteiger partial charge in [0.05, 0.1) is 13.0 Å². The Morgan fingerprint density at radius 1 is 1.41 bits per heavy atom. The molecule has 0 saturated heterocycles. The molecule has 0 aliphatic carbocycles. The Bertz CT molecular complexity index is 350. The summed E-state index contributed by atoms with van der Waals surface area (Å²) >= 11 is 3.32. The number of esters is 1. The summed E-state index contributed by atoms with van der Waals surface area (Å²) in [5, 5.41) is 8.85. The highest BCUT2D eigenvalue weighted by atomic mass is 79.9. The molecular weight excluding hydrogens is 288 g/mol. The zero-order valence-corrected chi connectivity index (χ0v) is 11.1. The second-order valence-electron chi connectivity index (χ2n) is 3.50. The monoisotopic (exact) mass is 302 g/mol. The lowest BCUT2D eigenvalue weighted by atomic mass is 10.1. The summed E-state index contributed by atoms with van der Waals surface area (Å²) in [6.45, 7) is 0.137. The van der Waals surface area contributed by atoms with Crippen molar-refractivity contribution in [2.75, 3.05) is 20.3 Å². The van der Waals surface area contributed by atoms with Crippen LogP contribution in [0.3, 0.4) is 0 Å². The van der Waals surface area contributed by atoms with Crippen LogP contribution in [0.4, 0.5) is 0 Å². The number of benzene rings is 1. The third-order valence-electron chi connectivity index (χ3n) is 2.28. The first kappa shape index (κ1) is 14.0. The lowest BCUT2D eigenvalue weighted by Crippen LogP contribution is -2.24. The lowest BCUT2D eigenvalue weighted by Gasteiger charge is -2.14. The maximum atomic E-state index is 11.4. The van der Waals surface area contributed by atoms with Crippen LogP contribution in [-0.2, 0) is 9.53 Å². The van der Waals surface area contributed by atoms with E-state index in [0.29, 0.717) is 12.2 Å². The maximum absolute atomic E-state index is 11.4. The molecule has 0 bridgehead atoms. The molecule has 1 rings (SSSR count). The van der Waals surface area contributed by atoms with E-state index in [1.165, 1.54) is 7.11 Å². The van der Waals surface area contributed by atoms with Gasteiger partial charge in [-0.15, -0.1) is 0 Å². The number of hydrogen-bond donors (Lipinski definition) is 1. The van der Waals surface area contributed by atoms with E-state index in [9.17, 15) is 4.79 Å². The number of rotatable bonds is 6. The van der Waals surface area contributed by atoms with Crippen molar-refractivity contribution < 1.29 is 19.4 Å². The van der Waals surface area contributed by atoms with Crippen LogP contribution in [0, 0.1) is 5.92 Å². The first-order valence-electron chi connectivity index (χ1n) is 5.24. The van der Waals surface area contributed by atoms with Gasteiger partial charge in [0.1, 0.15) is 12.4 Å². The first-order valence-corrected chi connectivity index (χ1v) is 6.03. The van der Waals surface area contributed by atoms with Crippen LogP contribution >= 0.6 is 15.9 Å². The Hall–Kier alpha value is -1.07. The third kappa shape index (κ3) is 4.75. The molecule has 0 spiro atoms. The zero-order chi connectivity index (χ0) is 12.7. The molecule has 0 saturated carbocycles. The summed E-state index contributed by atoms with van der Waals surface area (Å²) < 4.78 is 11.1. The molecule has 5 heteroatoms. The molecule has 0 amide bonds. The van der Waals surface area contributed by atoms with Gasteiger partial charge >= 0.3 is 5.97 Å². The highest BCUT2D eigenvalue weighted by molar-refractivity contribution is 9.10.